The second kappa shape index (κ2) is 9.28. The maximum Gasteiger partial charge on any atom is 0.411 e. The van der Waals surface area contributed by atoms with Crippen molar-refractivity contribution >= 4 is 23.7 Å². The molecule has 0 spiro atoms. The van der Waals surface area contributed by atoms with Gasteiger partial charge in [-0.25, -0.2) is 14.0 Å². The van der Waals surface area contributed by atoms with Gasteiger partial charge in [0.1, 0.15) is 18.2 Å². The number of halogens is 2. The Bertz CT molecular complexity index is 1150. The first kappa shape index (κ1) is 21.6. The van der Waals surface area contributed by atoms with Crippen molar-refractivity contribution in [3.05, 3.63) is 99.8 Å². The third-order valence-electron chi connectivity index (χ3n) is 5.15. The van der Waals surface area contributed by atoms with Gasteiger partial charge < -0.3 is 14.6 Å². The van der Waals surface area contributed by atoms with E-state index in [-0.39, 0.29) is 18.9 Å². The number of ether oxygens (including phenoxy) is 2. The highest BCUT2D eigenvalue weighted by Crippen LogP contribution is 2.44. The van der Waals surface area contributed by atoms with Crippen LogP contribution in [-0.2, 0) is 22.7 Å². The van der Waals surface area contributed by atoms with Crippen molar-refractivity contribution in [2.75, 3.05) is 6.61 Å². The summed E-state index contributed by atoms with van der Waals surface area (Å²) in [6.45, 7) is -0.527. The lowest BCUT2D eigenvalue weighted by Crippen LogP contribution is -2.31. The van der Waals surface area contributed by atoms with Crippen LogP contribution in [0.1, 0.15) is 28.3 Å². The van der Waals surface area contributed by atoms with Gasteiger partial charge in [-0.1, -0.05) is 54.1 Å². The molecule has 0 radical (unpaired) electrons. The van der Waals surface area contributed by atoms with E-state index < -0.39 is 30.5 Å². The molecule has 1 aliphatic rings. The number of hydrogen-bond acceptors (Lipinski definition) is 4. The third kappa shape index (κ3) is 4.53. The van der Waals surface area contributed by atoms with E-state index in [9.17, 15) is 14.0 Å². The van der Waals surface area contributed by atoms with Crippen LogP contribution in [0.3, 0.4) is 0 Å². The summed E-state index contributed by atoms with van der Waals surface area (Å²) in [7, 11) is 0. The number of carbonyl (C=O) groups is 2. The molecule has 3 aromatic carbocycles. The molecule has 8 heteroatoms. The molecule has 1 aliphatic heterocycles. The summed E-state index contributed by atoms with van der Waals surface area (Å²) in [6.07, 6.45) is -0.640. The fourth-order valence-corrected chi connectivity index (χ4v) is 3.92. The lowest BCUT2D eigenvalue weighted by atomic mass is 9.97. The Labute approximate surface area is 188 Å². The first-order valence-electron chi connectivity index (χ1n) is 9.82. The highest BCUT2D eigenvalue weighted by atomic mass is 35.5. The van der Waals surface area contributed by atoms with Gasteiger partial charge in [-0.15, -0.1) is 0 Å². The van der Waals surface area contributed by atoms with E-state index in [1.54, 1.807) is 24.3 Å². The zero-order chi connectivity index (χ0) is 22.7. The summed E-state index contributed by atoms with van der Waals surface area (Å²) in [6, 6.07) is 17.7. The molecule has 6 nitrogen and oxygen atoms in total. The molecular weight excluding hydrogens is 437 g/mol. The molecule has 1 unspecified atom stereocenters. The van der Waals surface area contributed by atoms with Gasteiger partial charge in [0, 0.05) is 16.1 Å². The quantitative estimate of drug-likeness (QED) is 0.554. The first-order chi connectivity index (χ1) is 15.4. The monoisotopic (exact) mass is 455 g/mol. The first-order valence-corrected chi connectivity index (χ1v) is 10.2. The Morgan fingerprint density at radius 3 is 2.59 bits per heavy atom. The molecule has 164 valence electrons. The number of carboxylic acid groups (broad SMARTS) is 1. The van der Waals surface area contributed by atoms with Crippen LogP contribution < -0.4 is 4.74 Å². The lowest BCUT2D eigenvalue weighted by molar-refractivity contribution is -0.139. The molecule has 3 aromatic rings. The van der Waals surface area contributed by atoms with Crippen molar-refractivity contribution in [2.45, 2.75) is 19.2 Å². The summed E-state index contributed by atoms with van der Waals surface area (Å²) in [5.74, 6) is -1.36. The van der Waals surface area contributed by atoms with E-state index in [1.165, 1.54) is 17.0 Å². The van der Waals surface area contributed by atoms with Crippen molar-refractivity contribution in [2.24, 2.45) is 0 Å². The van der Waals surface area contributed by atoms with Crippen molar-refractivity contribution in [3.8, 4) is 5.75 Å². The van der Waals surface area contributed by atoms with Gasteiger partial charge in [0.05, 0.1) is 12.6 Å². The molecule has 1 atom stereocenters. The molecule has 32 heavy (non-hydrogen) atoms. The Balaban J connectivity index is 1.70. The standard InChI is InChI=1S/C24H19ClFNO5/c25-16-9-10-21(31-14-22(28)29)18(11-16)23-17-7-4-8-20(26)19(17)12-27(23)24(30)32-13-15-5-2-1-3-6-15/h1-11,23H,12-14H2,(H,28,29). The number of benzene rings is 3. The van der Waals surface area contributed by atoms with E-state index in [2.05, 4.69) is 0 Å². The van der Waals surface area contributed by atoms with Gasteiger partial charge in [0.25, 0.3) is 0 Å². The summed E-state index contributed by atoms with van der Waals surface area (Å²) in [5.41, 5.74) is 2.18. The van der Waals surface area contributed by atoms with Crippen LogP contribution in [0.15, 0.2) is 66.7 Å². The topological polar surface area (TPSA) is 76.1 Å². The Morgan fingerprint density at radius 1 is 1.06 bits per heavy atom. The fourth-order valence-electron chi connectivity index (χ4n) is 3.74. The summed E-state index contributed by atoms with van der Waals surface area (Å²) < 4.78 is 25.5. The molecule has 0 saturated heterocycles. The van der Waals surface area contributed by atoms with Crippen LogP contribution in [-0.4, -0.2) is 28.7 Å². The fraction of sp³-hybridized carbons (Fsp3) is 0.167. The largest absolute Gasteiger partial charge is 0.482 e. The number of aliphatic carboxylic acids is 1. The molecule has 0 aliphatic carbocycles. The number of nitrogens with zero attached hydrogens (tertiary/aromatic N) is 1. The van der Waals surface area contributed by atoms with Crippen LogP contribution in [0, 0.1) is 5.82 Å². The van der Waals surface area contributed by atoms with Gasteiger partial charge >= 0.3 is 12.1 Å². The van der Waals surface area contributed by atoms with Crippen LogP contribution in [0.25, 0.3) is 0 Å². The average Bonchev–Trinajstić information content (AvgIpc) is 3.18. The van der Waals surface area contributed by atoms with Crippen molar-refractivity contribution in [3.63, 3.8) is 0 Å². The van der Waals surface area contributed by atoms with E-state index in [0.717, 1.165) is 5.56 Å². The minimum atomic E-state index is -1.15. The molecule has 0 aromatic heterocycles. The maximum absolute atomic E-state index is 14.6. The lowest BCUT2D eigenvalue weighted by Gasteiger charge is -2.26. The number of hydrogen-bond donors (Lipinski definition) is 1. The Hall–Kier alpha value is -3.58. The minimum Gasteiger partial charge on any atom is -0.482 e. The number of fused-ring (bicyclic) bond motifs is 1. The third-order valence-corrected chi connectivity index (χ3v) is 5.38. The highest BCUT2D eigenvalue weighted by molar-refractivity contribution is 6.30. The highest BCUT2D eigenvalue weighted by Gasteiger charge is 2.39. The number of carboxylic acids is 1. The van der Waals surface area contributed by atoms with E-state index >= 15 is 0 Å². The second-order valence-corrected chi connectivity index (χ2v) is 7.68. The maximum atomic E-state index is 14.6. The molecule has 1 heterocycles. The van der Waals surface area contributed by atoms with Crippen molar-refractivity contribution < 1.29 is 28.6 Å². The molecule has 1 N–H and O–H groups in total. The average molecular weight is 456 g/mol. The van der Waals surface area contributed by atoms with Gasteiger partial charge in [0.15, 0.2) is 6.61 Å². The SMILES string of the molecule is O=C(O)COc1ccc(Cl)cc1C1c2cccc(F)c2CN1C(=O)OCc1ccccc1. The van der Waals surface area contributed by atoms with E-state index in [1.807, 2.05) is 30.3 Å². The van der Waals surface area contributed by atoms with Gasteiger partial charge in [-0.05, 0) is 35.4 Å². The molecule has 4 rings (SSSR count). The molecule has 0 bridgehead atoms. The summed E-state index contributed by atoms with van der Waals surface area (Å²) in [5, 5.41) is 9.38. The normalized spacial score (nSPS) is 14.7. The number of amides is 1. The molecular formula is C24H19ClFNO5. The minimum absolute atomic E-state index is 0.00875. The zero-order valence-corrected chi connectivity index (χ0v) is 17.6. The van der Waals surface area contributed by atoms with Gasteiger partial charge in [-0.2, -0.15) is 0 Å². The summed E-state index contributed by atoms with van der Waals surface area (Å²) in [4.78, 5) is 25.5. The second-order valence-electron chi connectivity index (χ2n) is 7.24. The van der Waals surface area contributed by atoms with Crippen LogP contribution in [0.5, 0.6) is 5.75 Å². The number of rotatable bonds is 6. The zero-order valence-electron chi connectivity index (χ0n) is 16.8. The van der Waals surface area contributed by atoms with Crippen molar-refractivity contribution in [1.29, 1.82) is 0 Å². The molecule has 0 saturated carbocycles. The van der Waals surface area contributed by atoms with Crippen LogP contribution in [0.2, 0.25) is 5.02 Å². The summed E-state index contributed by atoms with van der Waals surface area (Å²) >= 11 is 6.20. The van der Waals surface area contributed by atoms with E-state index in [4.69, 9.17) is 26.2 Å². The van der Waals surface area contributed by atoms with Crippen LogP contribution >= 0.6 is 11.6 Å². The van der Waals surface area contributed by atoms with Crippen LogP contribution in [0.4, 0.5) is 9.18 Å². The Kier molecular flexibility index (Phi) is 6.28. The smallest absolute Gasteiger partial charge is 0.411 e. The predicted molar refractivity (Wildman–Crippen MR) is 115 cm³/mol. The molecule has 1 amide bonds. The Morgan fingerprint density at radius 2 is 1.84 bits per heavy atom. The van der Waals surface area contributed by atoms with E-state index in [0.29, 0.717) is 21.7 Å². The van der Waals surface area contributed by atoms with Gasteiger partial charge in [-0.3, -0.25) is 4.90 Å². The number of carbonyl (C=O) groups excluding carboxylic acids is 1. The van der Waals surface area contributed by atoms with Crippen molar-refractivity contribution in [1.82, 2.24) is 4.90 Å². The van der Waals surface area contributed by atoms with Gasteiger partial charge in [0.2, 0.25) is 0 Å². The molecule has 0 fully saturated rings. The predicted octanol–water partition coefficient (Wildman–Crippen LogP) is 5.18.